The largest absolute Gasteiger partial charge is 0.192 e. The number of hydrogen-bond acceptors (Lipinski definition) is 1. The second-order valence-corrected chi connectivity index (χ2v) is 5.83. The molecule has 0 saturated carbocycles. The molecule has 22 heavy (non-hydrogen) atoms. The summed E-state index contributed by atoms with van der Waals surface area (Å²) in [7, 11) is 0. The number of hydrogen-bond donors (Lipinski definition) is 0. The van der Waals surface area contributed by atoms with Crippen LogP contribution in [0, 0.1) is 18.3 Å². The minimum atomic E-state index is 0.774. The SMILES string of the molecule is Cc1cccc(-c2ccc(C#N)c3c2Cc2ccccc2-3)c1. The van der Waals surface area contributed by atoms with Crippen LogP contribution in [0.25, 0.3) is 22.3 Å². The summed E-state index contributed by atoms with van der Waals surface area (Å²) in [4.78, 5) is 0. The quantitative estimate of drug-likeness (QED) is 0.476. The average molecular weight is 281 g/mol. The molecular formula is C21H15N. The van der Waals surface area contributed by atoms with Crippen molar-refractivity contribution in [1.82, 2.24) is 0 Å². The maximum absolute atomic E-state index is 9.48. The summed E-state index contributed by atoms with van der Waals surface area (Å²) in [5.74, 6) is 0. The molecule has 1 heteroatoms. The molecule has 0 unspecified atom stereocenters. The molecule has 0 atom stereocenters. The molecule has 0 fully saturated rings. The summed E-state index contributed by atoms with van der Waals surface area (Å²) in [5, 5.41) is 9.48. The summed E-state index contributed by atoms with van der Waals surface area (Å²) in [6.07, 6.45) is 0.907. The average Bonchev–Trinajstić information content (AvgIpc) is 2.93. The van der Waals surface area contributed by atoms with Crippen LogP contribution in [-0.2, 0) is 6.42 Å². The lowest BCUT2D eigenvalue weighted by Crippen LogP contribution is -1.91. The number of nitrogens with zero attached hydrogens (tertiary/aromatic N) is 1. The van der Waals surface area contributed by atoms with Crippen molar-refractivity contribution in [3.63, 3.8) is 0 Å². The Kier molecular flexibility index (Phi) is 2.84. The molecule has 0 amide bonds. The molecule has 0 bridgehead atoms. The van der Waals surface area contributed by atoms with E-state index in [1.54, 1.807) is 0 Å². The van der Waals surface area contributed by atoms with E-state index in [-0.39, 0.29) is 0 Å². The van der Waals surface area contributed by atoms with Crippen LogP contribution in [0.4, 0.5) is 0 Å². The first-order valence-electron chi connectivity index (χ1n) is 7.49. The molecule has 1 aliphatic rings. The third-order valence-corrected chi connectivity index (χ3v) is 4.42. The Morgan fingerprint density at radius 3 is 2.59 bits per heavy atom. The zero-order chi connectivity index (χ0) is 15.1. The lowest BCUT2D eigenvalue weighted by molar-refractivity contribution is 1.26. The van der Waals surface area contributed by atoms with Gasteiger partial charge in [-0.25, -0.2) is 0 Å². The lowest BCUT2D eigenvalue weighted by Gasteiger charge is -2.11. The molecule has 0 N–H and O–H groups in total. The maximum atomic E-state index is 9.48. The molecule has 1 aliphatic carbocycles. The summed E-state index contributed by atoms with van der Waals surface area (Å²) < 4.78 is 0. The van der Waals surface area contributed by atoms with Crippen LogP contribution in [0.2, 0.25) is 0 Å². The fourth-order valence-corrected chi connectivity index (χ4v) is 3.42. The maximum Gasteiger partial charge on any atom is 0.0998 e. The first-order chi connectivity index (χ1) is 10.8. The van der Waals surface area contributed by atoms with Gasteiger partial charge in [0.05, 0.1) is 11.6 Å². The lowest BCUT2D eigenvalue weighted by atomic mass is 9.92. The second kappa shape index (κ2) is 4.86. The Morgan fingerprint density at radius 1 is 0.909 bits per heavy atom. The van der Waals surface area contributed by atoms with E-state index in [9.17, 15) is 5.26 Å². The van der Waals surface area contributed by atoms with Gasteiger partial charge in [0.15, 0.2) is 0 Å². The molecule has 0 saturated heterocycles. The van der Waals surface area contributed by atoms with Crippen LogP contribution in [0.5, 0.6) is 0 Å². The summed E-state index contributed by atoms with van der Waals surface area (Å²) in [6, 6.07) is 23.4. The Hall–Kier alpha value is -2.85. The molecule has 0 heterocycles. The fourth-order valence-electron chi connectivity index (χ4n) is 3.42. The van der Waals surface area contributed by atoms with Crippen LogP contribution >= 0.6 is 0 Å². The van der Waals surface area contributed by atoms with E-state index in [2.05, 4.69) is 67.6 Å². The van der Waals surface area contributed by atoms with E-state index in [4.69, 9.17) is 0 Å². The van der Waals surface area contributed by atoms with Crippen molar-refractivity contribution in [2.24, 2.45) is 0 Å². The predicted octanol–water partition coefficient (Wildman–Crippen LogP) is 5.10. The van der Waals surface area contributed by atoms with Gasteiger partial charge in [0.25, 0.3) is 0 Å². The van der Waals surface area contributed by atoms with Gasteiger partial charge in [-0.3, -0.25) is 0 Å². The molecule has 0 spiro atoms. The Morgan fingerprint density at radius 2 is 1.77 bits per heavy atom. The van der Waals surface area contributed by atoms with Gasteiger partial charge in [-0.15, -0.1) is 0 Å². The molecule has 0 radical (unpaired) electrons. The monoisotopic (exact) mass is 281 g/mol. The Balaban J connectivity index is 2.01. The van der Waals surface area contributed by atoms with E-state index in [0.717, 1.165) is 17.5 Å². The third kappa shape index (κ3) is 1.85. The molecule has 0 aromatic heterocycles. The number of fused-ring (bicyclic) bond motifs is 3. The van der Waals surface area contributed by atoms with Crippen LogP contribution < -0.4 is 0 Å². The van der Waals surface area contributed by atoms with Gasteiger partial charge in [-0.05, 0) is 47.2 Å². The van der Waals surface area contributed by atoms with Crippen molar-refractivity contribution in [3.8, 4) is 28.3 Å². The van der Waals surface area contributed by atoms with Gasteiger partial charge in [-0.2, -0.15) is 5.26 Å². The highest BCUT2D eigenvalue weighted by atomic mass is 14.3. The third-order valence-electron chi connectivity index (χ3n) is 4.42. The molecule has 0 aliphatic heterocycles. The van der Waals surface area contributed by atoms with Crippen molar-refractivity contribution < 1.29 is 0 Å². The van der Waals surface area contributed by atoms with E-state index in [1.807, 2.05) is 6.07 Å². The van der Waals surface area contributed by atoms with Gasteiger partial charge in [0.1, 0.15) is 0 Å². The van der Waals surface area contributed by atoms with Crippen LogP contribution in [0.15, 0.2) is 60.7 Å². The minimum Gasteiger partial charge on any atom is -0.192 e. The van der Waals surface area contributed by atoms with Gasteiger partial charge in [0.2, 0.25) is 0 Å². The summed E-state index contributed by atoms with van der Waals surface area (Å²) >= 11 is 0. The van der Waals surface area contributed by atoms with Crippen molar-refractivity contribution in [2.45, 2.75) is 13.3 Å². The highest BCUT2D eigenvalue weighted by Gasteiger charge is 2.24. The van der Waals surface area contributed by atoms with Gasteiger partial charge >= 0.3 is 0 Å². The zero-order valence-electron chi connectivity index (χ0n) is 12.4. The van der Waals surface area contributed by atoms with E-state index >= 15 is 0 Å². The van der Waals surface area contributed by atoms with Crippen LogP contribution in [0.3, 0.4) is 0 Å². The van der Waals surface area contributed by atoms with E-state index in [1.165, 1.54) is 33.4 Å². The van der Waals surface area contributed by atoms with Gasteiger partial charge < -0.3 is 0 Å². The summed E-state index contributed by atoms with van der Waals surface area (Å²) in [5.41, 5.74) is 9.44. The highest BCUT2D eigenvalue weighted by molar-refractivity contribution is 5.88. The van der Waals surface area contributed by atoms with E-state index < -0.39 is 0 Å². The minimum absolute atomic E-state index is 0.774. The van der Waals surface area contributed by atoms with E-state index in [0.29, 0.717) is 0 Å². The van der Waals surface area contributed by atoms with Gasteiger partial charge in [0, 0.05) is 5.56 Å². The second-order valence-electron chi connectivity index (χ2n) is 5.83. The molecule has 3 aromatic carbocycles. The molecule has 3 aromatic rings. The smallest absolute Gasteiger partial charge is 0.0998 e. The first-order valence-corrected chi connectivity index (χ1v) is 7.49. The molecular weight excluding hydrogens is 266 g/mol. The Labute approximate surface area is 130 Å². The molecule has 4 rings (SSSR count). The van der Waals surface area contributed by atoms with Crippen molar-refractivity contribution >= 4 is 0 Å². The highest BCUT2D eigenvalue weighted by Crippen LogP contribution is 2.43. The van der Waals surface area contributed by atoms with Gasteiger partial charge in [-0.1, -0.05) is 60.2 Å². The Bertz CT molecular complexity index is 929. The number of rotatable bonds is 1. The topological polar surface area (TPSA) is 23.8 Å². The van der Waals surface area contributed by atoms with Crippen molar-refractivity contribution in [3.05, 3.63) is 82.9 Å². The zero-order valence-corrected chi connectivity index (χ0v) is 12.4. The summed E-state index contributed by atoms with van der Waals surface area (Å²) in [6.45, 7) is 2.11. The first kappa shape index (κ1) is 12.9. The van der Waals surface area contributed by atoms with Crippen LogP contribution in [-0.4, -0.2) is 0 Å². The van der Waals surface area contributed by atoms with Crippen LogP contribution in [0.1, 0.15) is 22.3 Å². The standard InChI is InChI=1S/C21H15N/c1-14-5-4-7-15(11-14)18-10-9-17(13-22)21-19-8-3-2-6-16(19)12-20(18)21/h2-11H,12H2,1H3. The number of aryl methyl sites for hydroxylation is 1. The molecule has 104 valence electrons. The number of nitriles is 1. The molecule has 1 nitrogen and oxygen atoms in total. The predicted molar refractivity (Wildman–Crippen MR) is 89.6 cm³/mol. The van der Waals surface area contributed by atoms with Crippen molar-refractivity contribution in [2.75, 3.05) is 0 Å². The number of benzene rings is 3. The fraction of sp³-hybridized carbons (Fsp3) is 0.0952. The normalized spacial score (nSPS) is 11.6. The van der Waals surface area contributed by atoms with Crippen molar-refractivity contribution in [1.29, 1.82) is 5.26 Å².